The summed E-state index contributed by atoms with van der Waals surface area (Å²) in [6.45, 7) is 0.534. The standard InChI is InChI=1S/C9H12FNO.ClH/c1-12-9-3-2-7(4-5-11)6-8(9)10;/h2-3,6H,4-5,11H2,1H3;1H. The van der Waals surface area contributed by atoms with Crippen LogP contribution in [0.3, 0.4) is 0 Å². The zero-order valence-corrected chi connectivity index (χ0v) is 8.23. The van der Waals surface area contributed by atoms with Crippen molar-refractivity contribution in [2.75, 3.05) is 13.7 Å². The number of methoxy groups -OCH3 is 1. The van der Waals surface area contributed by atoms with Gasteiger partial charge in [-0.05, 0) is 30.7 Å². The summed E-state index contributed by atoms with van der Waals surface area (Å²) in [6, 6.07) is 4.88. The van der Waals surface area contributed by atoms with E-state index in [1.54, 1.807) is 6.07 Å². The maximum Gasteiger partial charge on any atom is 0.165 e. The fourth-order valence-electron chi connectivity index (χ4n) is 1.03. The number of nitrogens with two attached hydrogens (primary N) is 1. The Labute approximate surface area is 83.3 Å². The molecule has 0 saturated carbocycles. The Kier molecular flexibility index (Phi) is 5.42. The second-order valence-corrected chi connectivity index (χ2v) is 2.51. The van der Waals surface area contributed by atoms with E-state index in [-0.39, 0.29) is 24.0 Å². The molecule has 0 amide bonds. The van der Waals surface area contributed by atoms with Gasteiger partial charge in [0.1, 0.15) is 0 Å². The number of ether oxygens (including phenoxy) is 1. The highest BCUT2D eigenvalue weighted by atomic mass is 35.5. The zero-order valence-electron chi connectivity index (χ0n) is 7.42. The molecule has 1 aromatic carbocycles. The zero-order chi connectivity index (χ0) is 8.97. The van der Waals surface area contributed by atoms with E-state index in [0.717, 1.165) is 5.56 Å². The topological polar surface area (TPSA) is 35.2 Å². The summed E-state index contributed by atoms with van der Waals surface area (Å²) in [5.41, 5.74) is 6.23. The Hall–Kier alpha value is -0.800. The summed E-state index contributed by atoms with van der Waals surface area (Å²) in [5, 5.41) is 0. The average Bonchev–Trinajstić information content (AvgIpc) is 2.05. The minimum absolute atomic E-state index is 0. The van der Waals surface area contributed by atoms with Gasteiger partial charge in [-0.1, -0.05) is 6.07 Å². The molecule has 1 rings (SSSR count). The molecule has 4 heteroatoms. The minimum Gasteiger partial charge on any atom is -0.494 e. The van der Waals surface area contributed by atoms with E-state index >= 15 is 0 Å². The average molecular weight is 206 g/mol. The molecule has 74 valence electrons. The Balaban J connectivity index is 0.00000144. The number of halogens is 2. The lowest BCUT2D eigenvalue weighted by Crippen LogP contribution is -2.03. The van der Waals surface area contributed by atoms with E-state index in [2.05, 4.69) is 0 Å². The maximum atomic E-state index is 13.0. The summed E-state index contributed by atoms with van der Waals surface area (Å²) in [4.78, 5) is 0. The third-order valence-corrected chi connectivity index (χ3v) is 1.65. The van der Waals surface area contributed by atoms with Crippen LogP contribution in [-0.4, -0.2) is 13.7 Å². The highest BCUT2D eigenvalue weighted by Crippen LogP contribution is 2.17. The second-order valence-electron chi connectivity index (χ2n) is 2.51. The number of rotatable bonds is 3. The monoisotopic (exact) mass is 205 g/mol. The van der Waals surface area contributed by atoms with Gasteiger partial charge < -0.3 is 10.5 Å². The van der Waals surface area contributed by atoms with Crippen LogP contribution in [0.25, 0.3) is 0 Å². The largest absolute Gasteiger partial charge is 0.494 e. The van der Waals surface area contributed by atoms with Crippen LogP contribution in [0.15, 0.2) is 18.2 Å². The maximum absolute atomic E-state index is 13.0. The molecule has 2 N–H and O–H groups in total. The Bertz CT molecular complexity index is 268. The SMILES string of the molecule is COc1ccc(CCN)cc1F.Cl. The summed E-state index contributed by atoms with van der Waals surface area (Å²) in [6.07, 6.45) is 0.695. The lowest BCUT2D eigenvalue weighted by Gasteiger charge is -2.03. The molecule has 2 nitrogen and oxygen atoms in total. The molecule has 0 fully saturated rings. The van der Waals surface area contributed by atoms with Gasteiger partial charge in [-0.3, -0.25) is 0 Å². The predicted octanol–water partition coefficient (Wildman–Crippen LogP) is 1.76. The van der Waals surface area contributed by atoms with E-state index < -0.39 is 0 Å². The quantitative estimate of drug-likeness (QED) is 0.816. The third-order valence-electron chi connectivity index (χ3n) is 1.65. The summed E-state index contributed by atoms with van der Waals surface area (Å²) < 4.78 is 17.8. The third kappa shape index (κ3) is 3.20. The van der Waals surface area contributed by atoms with E-state index in [9.17, 15) is 4.39 Å². The molecule has 0 aliphatic carbocycles. The van der Waals surface area contributed by atoms with Crippen molar-refractivity contribution in [2.45, 2.75) is 6.42 Å². The van der Waals surface area contributed by atoms with Crippen LogP contribution < -0.4 is 10.5 Å². The normalized spacial score (nSPS) is 9.15. The molecular weight excluding hydrogens is 193 g/mol. The first-order chi connectivity index (χ1) is 5.77. The molecule has 0 radical (unpaired) electrons. The second kappa shape index (κ2) is 5.78. The Morgan fingerprint density at radius 3 is 2.62 bits per heavy atom. The van der Waals surface area contributed by atoms with Crippen LogP contribution in [-0.2, 0) is 6.42 Å². The first-order valence-electron chi connectivity index (χ1n) is 3.80. The molecule has 0 aliphatic heterocycles. The number of hydrogen-bond donors (Lipinski definition) is 1. The molecule has 0 saturated heterocycles. The summed E-state index contributed by atoms with van der Waals surface area (Å²) in [5.74, 6) is -0.0563. The predicted molar refractivity (Wildman–Crippen MR) is 53.0 cm³/mol. The van der Waals surface area contributed by atoms with Gasteiger partial charge >= 0.3 is 0 Å². The van der Waals surface area contributed by atoms with Gasteiger partial charge in [-0.2, -0.15) is 0 Å². The number of hydrogen-bond acceptors (Lipinski definition) is 2. The lowest BCUT2D eigenvalue weighted by molar-refractivity contribution is 0.386. The summed E-state index contributed by atoms with van der Waals surface area (Å²) in [7, 11) is 1.45. The fourth-order valence-corrected chi connectivity index (χ4v) is 1.03. The molecule has 0 atom stereocenters. The molecule has 0 bridgehead atoms. The molecule has 0 spiro atoms. The van der Waals surface area contributed by atoms with Crippen LogP contribution >= 0.6 is 12.4 Å². The van der Waals surface area contributed by atoms with Crippen molar-refractivity contribution in [2.24, 2.45) is 5.73 Å². The van der Waals surface area contributed by atoms with Crippen molar-refractivity contribution in [1.29, 1.82) is 0 Å². The van der Waals surface area contributed by atoms with Crippen LogP contribution in [0, 0.1) is 5.82 Å². The highest BCUT2D eigenvalue weighted by molar-refractivity contribution is 5.85. The van der Waals surface area contributed by atoms with Crippen molar-refractivity contribution >= 4 is 12.4 Å². The van der Waals surface area contributed by atoms with Crippen molar-refractivity contribution in [3.63, 3.8) is 0 Å². The first kappa shape index (κ1) is 12.2. The Morgan fingerprint density at radius 1 is 1.46 bits per heavy atom. The lowest BCUT2D eigenvalue weighted by atomic mass is 10.1. The first-order valence-corrected chi connectivity index (χ1v) is 3.80. The van der Waals surface area contributed by atoms with Crippen LogP contribution in [0.5, 0.6) is 5.75 Å². The number of benzene rings is 1. The molecule has 13 heavy (non-hydrogen) atoms. The minimum atomic E-state index is -0.330. The van der Waals surface area contributed by atoms with Crippen molar-refractivity contribution in [3.8, 4) is 5.75 Å². The highest BCUT2D eigenvalue weighted by Gasteiger charge is 2.01. The van der Waals surface area contributed by atoms with Gasteiger partial charge in [0.15, 0.2) is 11.6 Å². The van der Waals surface area contributed by atoms with Crippen molar-refractivity contribution < 1.29 is 9.13 Å². The molecule has 0 aliphatic rings. The van der Waals surface area contributed by atoms with Gasteiger partial charge in [0.2, 0.25) is 0 Å². The van der Waals surface area contributed by atoms with Gasteiger partial charge in [0.05, 0.1) is 7.11 Å². The van der Waals surface area contributed by atoms with Crippen LogP contribution in [0.2, 0.25) is 0 Å². The van der Waals surface area contributed by atoms with Gasteiger partial charge in [0.25, 0.3) is 0 Å². The molecule has 1 aromatic rings. The van der Waals surface area contributed by atoms with Crippen molar-refractivity contribution in [3.05, 3.63) is 29.6 Å². The van der Waals surface area contributed by atoms with E-state index in [0.29, 0.717) is 13.0 Å². The summed E-state index contributed by atoms with van der Waals surface area (Å²) >= 11 is 0. The molecular formula is C9H13ClFNO. The van der Waals surface area contributed by atoms with Crippen LogP contribution in [0.1, 0.15) is 5.56 Å². The molecule has 0 aromatic heterocycles. The molecule has 0 unspecified atom stereocenters. The fraction of sp³-hybridized carbons (Fsp3) is 0.333. The van der Waals surface area contributed by atoms with Crippen molar-refractivity contribution in [1.82, 2.24) is 0 Å². The smallest absolute Gasteiger partial charge is 0.165 e. The van der Waals surface area contributed by atoms with E-state index in [1.807, 2.05) is 6.07 Å². The van der Waals surface area contributed by atoms with Crippen LogP contribution in [0.4, 0.5) is 4.39 Å². The Morgan fingerprint density at radius 2 is 2.15 bits per heavy atom. The molecule has 0 heterocycles. The van der Waals surface area contributed by atoms with E-state index in [4.69, 9.17) is 10.5 Å². The van der Waals surface area contributed by atoms with E-state index in [1.165, 1.54) is 13.2 Å². The van der Waals surface area contributed by atoms with Gasteiger partial charge in [0, 0.05) is 0 Å². The van der Waals surface area contributed by atoms with Gasteiger partial charge in [-0.25, -0.2) is 4.39 Å². The van der Waals surface area contributed by atoms with Gasteiger partial charge in [-0.15, -0.1) is 12.4 Å².